The molecule has 0 aliphatic carbocycles. The van der Waals surface area contributed by atoms with Gasteiger partial charge in [-0.15, -0.1) is 34.0 Å². The molecule has 0 unspecified atom stereocenters. The first-order chi connectivity index (χ1) is 19.7. The van der Waals surface area contributed by atoms with Crippen molar-refractivity contribution in [3.05, 3.63) is 33.5 Å². The summed E-state index contributed by atoms with van der Waals surface area (Å²) >= 11 is 6.41. The number of hydrogen-bond acceptors (Lipinski definition) is 3. The van der Waals surface area contributed by atoms with Gasteiger partial charge < -0.3 is 0 Å². The molecule has 4 heterocycles. The van der Waals surface area contributed by atoms with Crippen molar-refractivity contribution in [3.63, 3.8) is 0 Å². The molecule has 0 nitrogen and oxygen atoms in total. The lowest BCUT2D eigenvalue weighted by molar-refractivity contribution is 0.604. The van der Waals surface area contributed by atoms with Crippen LogP contribution in [0.2, 0.25) is 12.1 Å². The standard InChI is InChI=1S/C37H58S3Si/c1-9-12-15-18-21-28-24-29(38-34(28)27(4)5)30-25-31-35(39-30)36-32(26-33(40-36)37(6,7)8)41(31,22-19-16-13-10-2)23-20-17-14-11-3/h24-27H,9-23H2,1-8H3. The van der Waals surface area contributed by atoms with E-state index in [0.29, 0.717) is 5.92 Å². The van der Waals surface area contributed by atoms with Crippen molar-refractivity contribution in [2.75, 3.05) is 0 Å². The Hall–Kier alpha value is -0.683. The molecule has 0 aromatic carbocycles. The van der Waals surface area contributed by atoms with Gasteiger partial charge in [0.15, 0.2) is 0 Å². The van der Waals surface area contributed by atoms with E-state index < -0.39 is 8.07 Å². The van der Waals surface area contributed by atoms with E-state index in [1.807, 2.05) is 10.4 Å². The van der Waals surface area contributed by atoms with E-state index in [1.165, 1.54) is 95.6 Å². The second-order valence-electron chi connectivity index (χ2n) is 14.1. The second-order valence-corrected chi connectivity index (χ2v) is 21.6. The quantitative estimate of drug-likeness (QED) is 0.103. The summed E-state index contributed by atoms with van der Waals surface area (Å²) in [6.07, 6.45) is 17.7. The van der Waals surface area contributed by atoms with Gasteiger partial charge in [-0.3, -0.25) is 0 Å². The molecule has 1 aliphatic heterocycles. The van der Waals surface area contributed by atoms with Crippen LogP contribution in [0, 0.1) is 0 Å². The van der Waals surface area contributed by atoms with Crippen LogP contribution in [-0.2, 0) is 11.8 Å². The predicted octanol–water partition coefficient (Wildman–Crippen LogP) is 12.8. The van der Waals surface area contributed by atoms with Crippen molar-refractivity contribution in [2.45, 2.75) is 162 Å². The Morgan fingerprint density at radius 1 is 0.634 bits per heavy atom. The van der Waals surface area contributed by atoms with Gasteiger partial charge in [-0.05, 0) is 70.4 Å². The topological polar surface area (TPSA) is 0 Å². The summed E-state index contributed by atoms with van der Waals surface area (Å²) in [4.78, 5) is 9.72. The zero-order chi connectivity index (χ0) is 29.6. The smallest absolute Gasteiger partial charge is 0.122 e. The molecular weight excluding hydrogens is 569 g/mol. The van der Waals surface area contributed by atoms with Crippen LogP contribution in [0.3, 0.4) is 0 Å². The minimum atomic E-state index is -1.78. The molecule has 0 amide bonds. The zero-order valence-electron chi connectivity index (χ0n) is 27.6. The summed E-state index contributed by atoms with van der Waals surface area (Å²) in [6.45, 7) is 19.1. The first kappa shape index (κ1) is 33.2. The van der Waals surface area contributed by atoms with Gasteiger partial charge in [-0.1, -0.05) is 126 Å². The molecule has 4 heteroatoms. The van der Waals surface area contributed by atoms with Gasteiger partial charge in [0, 0.05) is 29.3 Å². The molecule has 3 aromatic heterocycles. The number of unbranched alkanes of at least 4 members (excludes halogenated alkanes) is 9. The molecule has 0 atom stereocenters. The highest BCUT2D eigenvalue weighted by Gasteiger charge is 2.48. The van der Waals surface area contributed by atoms with Crippen LogP contribution in [0.4, 0.5) is 0 Å². The van der Waals surface area contributed by atoms with Gasteiger partial charge in [0.05, 0.1) is 0 Å². The highest BCUT2D eigenvalue weighted by molar-refractivity contribution is 7.32. The van der Waals surface area contributed by atoms with Crippen molar-refractivity contribution in [2.24, 2.45) is 0 Å². The Balaban J connectivity index is 1.77. The van der Waals surface area contributed by atoms with E-state index in [-0.39, 0.29) is 5.41 Å². The molecular formula is C37H58S3Si. The van der Waals surface area contributed by atoms with Crippen LogP contribution in [0.25, 0.3) is 19.5 Å². The number of thiophene rings is 3. The molecule has 4 rings (SSSR count). The third-order valence-corrected chi connectivity index (χ3v) is 19.4. The lowest BCUT2D eigenvalue weighted by Gasteiger charge is -2.29. The Morgan fingerprint density at radius 3 is 1.73 bits per heavy atom. The number of rotatable bonds is 17. The normalized spacial score (nSPS) is 14.3. The maximum absolute atomic E-state index is 2.74. The van der Waals surface area contributed by atoms with Crippen molar-refractivity contribution >= 4 is 52.5 Å². The third-order valence-electron chi connectivity index (χ3n) is 9.26. The van der Waals surface area contributed by atoms with Gasteiger partial charge in [0.2, 0.25) is 0 Å². The van der Waals surface area contributed by atoms with Crippen molar-refractivity contribution < 1.29 is 0 Å². The molecule has 0 bridgehead atoms. The zero-order valence-corrected chi connectivity index (χ0v) is 31.1. The van der Waals surface area contributed by atoms with Crippen LogP contribution in [0.1, 0.15) is 154 Å². The molecule has 1 aliphatic rings. The molecule has 228 valence electrons. The number of aryl methyl sites for hydroxylation is 1. The maximum atomic E-state index is 2.74. The van der Waals surface area contributed by atoms with Gasteiger partial charge in [-0.2, -0.15) is 0 Å². The average molecular weight is 627 g/mol. The fraction of sp³-hybridized carbons (Fsp3) is 0.676. The average Bonchev–Trinajstić information content (AvgIpc) is 3.69. The van der Waals surface area contributed by atoms with E-state index in [0.717, 1.165) is 0 Å². The largest absolute Gasteiger partial charge is 0.139 e. The van der Waals surface area contributed by atoms with Crippen molar-refractivity contribution in [1.29, 1.82) is 0 Å². The Labute approximate surface area is 266 Å². The molecule has 0 fully saturated rings. The van der Waals surface area contributed by atoms with Crippen molar-refractivity contribution in [1.82, 2.24) is 0 Å². The lowest BCUT2D eigenvalue weighted by Crippen LogP contribution is -2.54. The summed E-state index contributed by atoms with van der Waals surface area (Å²) in [5, 5.41) is 3.66. The molecule has 0 radical (unpaired) electrons. The van der Waals surface area contributed by atoms with E-state index >= 15 is 0 Å². The monoisotopic (exact) mass is 626 g/mol. The van der Waals surface area contributed by atoms with Crippen LogP contribution >= 0.6 is 34.0 Å². The second kappa shape index (κ2) is 14.9. The van der Waals surface area contributed by atoms with Crippen molar-refractivity contribution in [3.8, 4) is 19.5 Å². The Bertz CT molecular complexity index is 1220. The number of hydrogen-bond donors (Lipinski definition) is 0. The van der Waals surface area contributed by atoms with E-state index in [4.69, 9.17) is 0 Å². The van der Waals surface area contributed by atoms with Gasteiger partial charge in [0.1, 0.15) is 8.07 Å². The Kier molecular flexibility index (Phi) is 12.0. The van der Waals surface area contributed by atoms with E-state index in [2.05, 4.69) is 108 Å². The minimum absolute atomic E-state index is 0.229. The third kappa shape index (κ3) is 7.52. The van der Waals surface area contributed by atoms with Crippen LogP contribution < -0.4 is 10.4 Å². The molecule has 0 saturated heterocycles. The number of fused-ring (bicyclic) bond motifs is 3. The fourth-order valence-corrected chi connectivity index (χ4v) is 17.6. The molecule has 0 saturated carbocycles. The van der Waals surface area contributed by atoms with Crippen LogP contribution in [-0.4, -0.2) is 8.07 Å². The summed E-state index contributed by atoms with van der Waals surface area (Å²) < 4.78 is 0. The highest BCUT2D eigenvalue weighted by Crippen LogP contribution is 2.48. The fourth-order valence-electron chi connectivity index (χ4n) is 6.83. The van der Waals surface area contributed by atoms with Crippen LogP contribution in [0.15, 0.2) is 18.2 Å². The predicted molar refractivity (Wildman–Crippen MR) is 194 cm³/mol. The van der Waals surface area contributed by atoms with Crippen LogP contribution in [0.5, 0.6) is 0 Å². The molecule has 3 aromatic rings. The minimum Gasteiger partial charge on any atom is -0.139 e. The summed E-state index contributed by atoms with van der Waals surface area (Å²) in [5.74, 6) is 0.616. The SMILES string of the molecule is CCCCCCc1cc(-c2cc3c(s2)-c2sc(C(C)(C)C)cc2[Si]3(CCCCCC)CCCCCC)sc1C(C)C. The summed E-state index contributed by atoms with van der Waals surface area (Å²) in [7, 11) is -1.78. The van der Waals surface area contributed by atoms with Gasteiger partial charge >= 0.3 is 0 Å². The first-order valence-corrected chi connectivity index (χ1v) is 21.9. The lowest BCUT2D eigenvalue weighted by atomic mass is 9.95. The summed E-state index contributed by atoms with van der Waals surface area (Å²) in [5.41, 5.74) is 1.87. The highest BCUT2D eigenvalue weighted by atomic mass is 32.1. The maximum Gasteiger partial charge on any atom is 0.122 e. The van der Waals surface area contributed by atoms with Gasteiger partial charge in [0.25, 0.3) is 0 Å². The molecule has 0 N–H and O–H groups in total. The van der Waals surface area contributed by atoms with Gasteiger partial charge in [-0.25, -0.2) is 0 Å². The molecule has 0 spiro atoms. The Morgan fingerprint density at radius 2 is 1.17 bits per heavy atom. The summed E-state index contributed by atoms with van der Waals surface area (Å²) in [6, 6.07) is 11.0. The van der Waals surface area contributed by atoms with E-state index in [9.17, 15) is 0 Å². The first-order valence-electron chi connectivity index (χ1n) is 17.1. The molecule has 41 heavy (non-hydrogen) atoms. The van der Waals surface area contributed by atoms with E-state index in [1.54, 1.807) is 34.8 Å².